The highest BCUT2D eigenvalue weighted by Crippen LogP contribution is 2.27. The highest BCUT2D eigenvalue weighted by atomic mass is 16.5. The van der Waals surface area contributed by atoms with Crippen LogP contribution in [0.5, 0.6) is 5.75 Å². The number of anilines is 5. The number of carbonyl (C=O) groups excluding carboxylic acids is 2. The first-order valence-corrected chi connectivity index (χ1v) is 11.1. The summed E-state index contributed by atoms with van der Waals surface area (Å²) in [5.74, 6) is 0.818. The number of amides is 1. The van der Waals surface area contributed by atoms with Crippen molar-refractivity contribution in [2.45, 2.75) is 32.3 Å². The van der Waals surface area contributed by atoms with E-state index in [1.807, 2.05) is 31.2 Å². The van der Waals surface area contributed by atoms with Gasteiger partial charge in [-0.3, -0.25) is 14.8 Å². The molecule has 10 nitrogen and oxygen atoms in total. The lowest BCUT2D eigenvalue weighted by atomic mass is 10.1. The van der Waals surface area contributed by atoms with E-state index >= 15 is 0 Å². The van der Waals surface area contributed by atoms with E-state index in [4.69, 9.17) is 15.7 Å². The zero-order valence-corrected chi connectivity index (χ0v) is 19.3. The van der Waals surface area contributed by atoms with Crippen LogP contribution >= 0.6 is 0 Å². The maximum absolute atomic E-state index is 12.0. The Kier molecular flexibility index (Phi) is 8.74. The predicted molar refractivity (Wildman–Crippen MR) is 134 cm³/mol. The van der Waals surface area contributed by atoms with Gasteiger partial charge in [-0.1, -0.05) is 19.6 Å². The lowest BCUT2D eigenvalue weighted by Gasteiger charge is -2.17. The number of hydroxylamine groups is 1. The Morgan fingerprint density at radius 1 is 1.17 bits per heavy atom. The molecule has 1 aromatic heterocycles. The standard InChI is InChI=1S/C25H28N6O4/c1-3-17(12-13-23(33)31-34)35-18-10-8-16(9-11-18)28-25-27-15-14-22(30-25)29-20-7-5-6-19(24(20)26)21(32)4-2/h4-11,14-15,17,34H,2-3,12-13,26H2,1H3,(H,31,33)(H2,27,28,29,30). The Labute approximate surface area is 203 Å². The van der Waals surface area contributed by atoms with E-state index in [0.717, 1.165) is 12.1 Å². The van der Waals surface area contributed by atoms with Crippen molar-refractivity contribution in [2.75, 3.05) is 16.4 Å². The van der Waals surface area contributed by atoms with Crippen molar-refractivity contribution in [3.05, 3.63) is 72.9 Å². The second kappa shape index (κ2) is 12.1. The molecule has 0 saturated heterocycles. The van der Waals surface area contributed by atoms with E-state index in [1.54, 1.807) is 35.9 Å². The Morgan fingerprint density at radius 2 is 1.94 bits per heavy atom. The number of carbonyl (C=O) groups is 2. The number of ketones is 1. The van der Waals surface area contributed by atoms with Crippen molar-refractivity contribution in [1.82, 2.24) is 15.4 Å². The number of benzene rings is 2. The summed E-state index contributed by atoms with van der Waals surface area (Å²) in [6.07, 6.45) is 4.06. The third kappa shape index (κ3) is 7.02. The SMILES string of the molecule is C=CC(=O)c1cccc(Nc2ccnc(Nc3ccc(OC(CC)CCC(=O)NO)cc3)n2)c1N. The summed E-state index contributed by atoms with van der Waals surface area (Å²) in [6.45, 7) is 5.47. The van der Waals surface area contributed by atoms with E-state index < -0.39 is 5.91 Å². The van der Waals surface area contributed by atoms with Gasteiger partial charge in [0.1, 0.15) is 11.6 Å². The van der Waals surface area contributed by atoms with Crippen LogP contribution < -0.4 is 26.6 Å². The molecule has 1 amide bonds. The summed E-state index contributed by atoms with van der Waals surface area (Å²) in [5.41, 5.74) is 9.73. The van der Waals surface area contributed by atoms with Crippen LogP contribution in [-0.2, 0) is 4.79 Å². The van der Waals surface area contributed by atoms with E-state index in [0.29, 0.717) is 40.9 Å². The monoisotopic (exact) mass is 476 g/mol. The number of rotatable bonds is 12. The minimum absolute atomic E-state index is 0.148. The Morgan fingerprint density at radius 3 is 2.63 bits per heavy atom. The van der Waals surface area contributed by atoms with Crippen LogP contribution in [0.2, 0.25) is 0 Å². The smallest absolute Gasteiger partial charge is 0.243 e. The van der Waals surface area contributed by atoms with Gasteiger partial charge in [0.2, 0.25) is 11.9 Å². The molecule has 0 spiro atoms. The van der Waals surface area contributed by atoms with E-state index in [1.165, 1.54) is 6.08 Å². The van der Waals surface area contributed by atoms with Gasteiger partial charge in [-0.15, -0.1) is 0 Å². The number of nitrogens with one attached hydrogen (secondary N) is 3. The van der Waals surface area contributed by atoms with Crippen LogP contribution in [0.25, 0.3) is 0 Å². The highest BCUT2D eigenvalue weighted by Gasteiger charge is 2.12. The molecule has 182 valence electrons. The number of nitrogens with zero attached hydrogens (tertiary/aromatic N) is 2. The summed E-state index contributed by atoms with van der Waals surface area (Å²) in [5, 5.41) is 14.9. The normalized spacial score (nSPS) is 11.3. The number of aromatic nitrogens is 2. The van der Waals surface area contributed by atoms with Gasteiger partial charge in [0.05, 0.1) is 17.5 Å². The van der Waals surface area contributed by atoms with Crippen molar-refractivity contribution in [3.63, 3.8) is 0 Å². The van der Waals surface area contributed by atoms with Gasteiger partial charge in [0, 0.05) is 23.9 Å². The molecule has 0 bridgehead atoms. The van der Waals surface area contributed by atoms with Crippen molar-refractivity contribution in [1.29, 1.82) is 0 Å². The number of nitrogen functional groups attached to an aromatic ring is 1. The van der Waals surface area contributed by atoms with Crippen molar-refractivity contribution in [3.8, 4) is 5.75 Å². The predicted octanol–water partition coefficient (Wildman–Crippen LogP) is 4.36. The number of para-hydroxylation sites is 1. The van der Waals surface area contributed by atoms with Crippen LogP contribution in [0.3, 0.4) is 0 Å². The molecule has 3 rings (SSSR count). The molecule has 10 heteroatoms. The first-order valence-electron chi connectivity index (χ1n) is 11.1. The van der Waals surface area contributed by atoms with Crippen LogP contribution in [0, 0.1) is 0 Å². The first kappa shape index (κ1) is 25.2. The molecule has 1 unspecified atom stereocenters. The molecule has 0 aliphatic heterocycles. The Bertz CT molecular complexity index is 1180. The fraction of sp³-hybridized carbons (Fsp3) is 0.200. The molecule has 1 atom stereocenters. The maximum atomic E-state index is 12.0. The fourth-order valence-electron chi connectivity index (χ4n) is 3.26. The average molecular weight is 477 g/mol. The van der Waals surface area contributed by atoms with E-state index in [2.05, 4.69) is 27.2 Å². The number of hydrogen-bond acceptors (Lipinski definition) is 9. The first-order chi connectivity index (χ1) is 16.9. The molecule has 0 radical (unpaired) electrons. The zero-order chi connectivity index (χ0) is 25.2. The quantitative estimate of drug-likeness (QED) is 0.0844. The van der Waals surface area contributed by atoms with Crippen LogP contribution in [0.4, 0.5) is 28.8 Å². The van der Waals surface area contributed by atoms with Crippen molar-refractivity contribution >= 4 is 40.5 Å². The number of ether oxygens (including phenoxy) is 1. The van der Waals surface area contributed by atoms with Crippen LogP contribution in [-0.4, -0.2) is 33.0 Å². The Hall–Kier alpha value is -4.44. The maximum Gasteiger partial charge on any atom is 0.243 e. The molecule has 35 heavy (non-hydrogen) atoms. The molecule has 0 saturated carbocycles. The lowest BCUT2D eigenvalue weighted by molar-refractivity contribution is -0.129. The number of hydrogen-bond donors (Lipinski definition) is 5. The zero-order valence-electron chi connectivity index (χ0n) is 19.3. The van der Waals surface area contributed by atoms with Gasteiger partial charge in [0.25, 0.3) is 0 Å². The van der Waals surface area contributed by atoms with Crippen LogP contribution in [0.15, 0.2) is 67.4 Å². The third-order valence-corrected chi connectivity index (χ3v) is 5.16. The number of allylic oxidation sites excluding steroid dienone is 1. The summed E-state index contributed by atoms with van der Waals surface area (Å²) >= 11 is 0. The van der Waals surface area contributed by atoms with Crippen molar-refractivity contribution < 1.29 is 19.5 Å². The van der Waals surface area contributed by atoms with E-state index in [9.17, 15) is 9.59 Å². The molecular weight excluding hydrogens is 448 g/mol. The molecule has 6 N–H and O–H groups in total. The minimum atomic E-state index is -0.441. The summed E-state index contributed by atoms with van der Waals surface area (Å²) in [7, 11) is 0. The second-order valence-corrected chi connectivity index (χ2v) is 7.60. The van der Waals surface area contributed by atoms with Gasteiger partial charge < -0.3 is 21.1 Å². The average Bonchev–Trinajstić information content (AvgIpc) is 2.88. The molecule has 0 fully saturated rings. The Balaban J connectivity index is 1.64. The minimum Gasteiger partial charge on any atom is -0.490 e. The number of nitrogens with two attached hydrogens (primary N) is 1. The molecule has 1 heterocycles. The molecule has 2 aromatic carbocycles. The molecular formula is C25H28N6O4. The van der Waals surface area contributed by atoms with Gasteiger partial charge in [-0.05, 0) is 61.4 Å². The topological polar surface area (TPSA) is 151 Å². The lowest BCUT2D eigenvalue weighted by Crippen LogP contribution is -2.23. The summed E-state index contributed by atoms with van der Waals surface area (Å²) in [6, 6.07) is 14.1. The largest absolute Gasteiger partial charge is 0.490 e. The van der Waals surface area contributed by atoms with Crippen molar-refractivity contribution in [2.24, 2.45) is 0 Å². The third-order valence-electron chi connectivity index (χ3n) is 5.16. The molecule has 0 aliphatic carbocycles. The second-order valence-electron chi connectivity index (χ2n) is 7.60. The van der Waals surface area contributed by atoms with Gasteiger partial charge in [-0.25, -0.2) is 10.5 Å². The summed E-state index contributed by atoms with van der Waals surface area (Å²) < 4.78 is 5.92. The van der Waals surface area contributed by atoms with Gasteiger partial charge >= 0.3 is 0 Å². The fourth-order valence-corrected chi connectivity index (χ4v) is 3.26. The van der Waals surface area contributed by atoms with E-state index in [-0.39, 0.29) is 18.3 Å². The molecule has 3 aromatic rings. The molecule has 0 aliphatic rings. The highest BCUT2D eigenvalue weighted by molar-refractivity contribution is 6.09. The van der Waals surface area contributed by atoms with Crippen LogP contribution in [0.1, 0.15) is 36.5 Å². The van der Waals surface area contributed by atoms with Gasteiger partial charge in [0.15, 0.2) is 5.78 Å². The van der Waals surface area contributed by atoms with Gasteiger partial charge in [-0.2, -0.15) is 4.98 Å². The summed E-state index contributed by atoms with van der Waals surface area (Å²) in [4.78, 5) is 31.9.